The Balaban J connectivity index is 0.000000373. The molecule has 5 heteroatoms. The van der Waals surface area contributed by atoms with Crippen molar-refractivity contribution >= 4 is 27.5 Å². The molecule has 0 bridgehead atoms. The fourth-order valence-corrected chi connectivity index (χ4v) is 3.26. The predicted molar refractivity (Wildman–Crippen MR) is 122 cm³/mol. The number of carbonyl (C=O) groups excluding carboxylic acids is 1. The number of carbonyl (C=O) groups is 1. The number of hydrogen-bond donors (Lipinski definition) is 1. The van der Waals surface area contributed by atoms with Crippen LogP contribution in [0.1, 0.15) is 19.4 Å². The summed E-state index contributed by atoms with van der Waals surface area (Å²) in [5.41, 5.74) is 4.00. The summed E-state index contributed by atoms with van der Waals surface area (Å²) in [6.45, 7) is 4.95. The van der Waals surface area contributed by atoms with Crippen LogP contribution >= 0.6 is 0 Å². The van der Waals surface area contributed by atoms with Gasteiger partial charge in [0.05, 0.1) is 12.9 Å². The SMILES string of the molecule is CC(=O)/C=C(/C)O.COc1cccc2c(C)cc(-c3[c-]cc4ccccc4c3)nc12.[Ir]. The van der Waals surface area contributed by atoms with Gasteiger partial charge >= 0.3 is 0 Å². The molecule has 0 atom stereocenters. The van der Waals surface area contributed by atoms with Gasteiger partial charge in [-0.15, -0.1) is 29.1 Å². The topological polar surface area (TPSA) is 59.4 Å². The van der Waals surface area contributed by atoms with Crippen molar-refractivity contribution in [2.24, 2.45) is 0 Å². The zero-order valence-electron chi connectivity index (χ0n) is 17.9. The van der Waals surface area contributed by atoms with Crippen LogP contribution in [0.4, 0.5) is 0 Å². The van der Waals surface area contributed by atoms with Crippen LogP contribution in [0, 0.1) is 13.0 Å². The van der Waals surface area contributed by atoms with E-state index in [2.05, 4.69) is 43.3 Å². The van der Waals surface area contributed by atoms with E-state index >= 15 is 0 Å². The van der Waals surface area contributed by atoms with E-state index in [0.29, 0.717) is 0 Å². The number of aliphatic hydroxyl groups excluding tert-OH is 1. The number of aromatic nitrogens is 1. The number of ketones is 1. The third-order valence-corrected chi connectivity index (χ3v) is 4.60. The van der Waals surface area contributed by atoms with E-state index in [1.54, 1.807) is 7.11 Å². The van der Waals surface area contributed by atoms with Crippen LogP contribution in [0.25, 0.3) is 32.9 Å². The smallest absolute Gasteiger partial charge is 0.155 e. The molecular weight excluding hydrogens is 567 g/mol. The van der Waals surface area contributed by atoms with Gasteiger partial charge in [-0.1, -0.05) is 47.9 Å². The van der Waals surface area contributed by atoms with Crippen LogP contribution < -0.4 is 4.74 Å². The molecule has 0 aliphatic heterocycles. The quantitative estimate of drug-likeness (QED) is 0.175. The maximum absolute atomic E-state index is 10.0. The number of nitrogens with zero attached hydrogens (tertiary/aromatic N) is 1. The van der Waals surface area contributed by atoms with Gasteiger partial charge in [0.25, 0.3) is 0 Å². The second-order valence-electron chi connectivity index (χ2n) is 7.05. The minimum Gasteiger partial charge on any atom is -0.512 e. The summed E-state index contributed by atoms with van der Waals surface area (Å²) in [6, 6.07) is 23.9. The molecule has 31 heavy (non-hydrogen) atoms. The Morgan fingerprint density at radius 2 is 1.77 bits per heavy atom. The molecule has 161 valence electrons. The number of benzene rings is 3. The second-order valence-corrected chi connectivity index (χ2v) is 7.05. The number of para-hydroxylation sites is 1. The van der Waals surface area contributed by atoms with Gasteiger partial charge < -0.3 is 9.84 Å². The molecule has 3 aromatic carbocycles. The molecular formula is C26H24IrNO3-. The number of ether oxygens (including phenoxy) is 1. The van der Waals surface area contributed by atoms with Gasteiger partial charge in [0.2, 0.25) is 0 Å². The minimum absolute atomic E-state index is 0. The molecule has 4 nitrogen and oxygen atoms in total. The summed E-state index contributed by atoms with van der Waals surface area (Å²) in [7, 11) is 1.68. The fraction of sp³-hybridized carbons (Fsp3) is 0.154. The summed E-state index contributed by atoms with van der Waals surface area (Å²) in [5, 5.41) is 11.9. The van der Waals surface area contributed by atoms with Gasteiger partial charge in [-0.05, 0) is 38.1 Å². The van der Waals surface area contributed by atoms with Crippen LogP contribution in [0.15, 0.2) is 72.5 Å². The van der Waals surface area contributed by atoms with Crippen molar-refractivity contribution in [1.82, 2.24) is 4.98 Å². The summed E-state index contributed by atoms with van der Waals surface area (Å²) < 4.78 is 5.47. The van der Waals surface area contributed by atoms with Gasteiger partial charge in [-0.25, -0.2) is 0 Å². The van der Waals surface area contributed by atoms with E-state index < -0.39 is 0 Å². The largest absolute Gasteiger partial charge is 0.512 e. The molecule has 1 N–H and O–H groups in total. The molecule has 0 saturated heterocycles. The average Bonchev–Trinajstić information content (AvgIpc) is 2.72. The molecule has 0 aliphatic rings. The molecule has 0 unspecified atom stereocenters. The Morgan fingerprint density at radius 1 is 1.06 bits per heavy atom. The Hall–Kier alpha value is -3.01. The van der Waals surface area contributed by atoms with Crippen molar-refractivity contribution < 1.29 is 34.7 Å². The molecule has 1 radical (unpaired) electrons. The first-order valence-corrected chi connectivity index (χ1v) is 9.62. The number of rotatable bonds is 3. The number of aryl methyl sites for hydroxylation is 1. The van der Waals surface area contributed by atoms with Crippen molar-refractivity contribution in [3.8, 4) is 17.0 Å². The first kappa shape index (κ1) is 24.3. The Bertz CT molecular complexity index is 1240. The fourth-order valence-electron chi connectivity index (χ4n) is 3.26. The maximum Gasteiger partial charge on any atom is 0.155 e. The van der Waals surface area contributed by atoms with Crippen LogP contribution in [0.5, 0.6) is 5.75 Å². The third-order valence-electron chi connectivity index (χ3n) is 4.60. The molecule has 0 fully saturated rings. The number of aliphatic hydroxyl groups is 1. The van der Waals surface area contributed by atoms with Gasteiger partial charge in [-0.3, -0.25) is 9.78 Å². The van der Waals surface area contributed by atoms with Gasteiger partial charge in [0.1, 0.15) is 11.3 Å². The van der Waals surface area contributed by atoms with Crippen LogP contribution in [-0.2, 0) is 24.9 Å². The zero-order chi connectivity index (χ0) is 21.7. The maximum atomic E-state index is 10.0. The molecule has 4 rings (SSSR count). The third kappa shape index (κ3) is 6.00. The number of allylic oxidation sites excluding steroid dienone is 2. The van der Waals surface area contributed by atoms with Gasteiger partial charge in [0.15, 0.2) is 5.78 Å². The average molecular weight is 591 g/mol. The summed E-state index contributed by atoms with van der Waals surface area (Å²) >= 11 is 0. The number of fused-ring (bicyclic) bond motifs is 2. The van der Waals surface area contributed by atoms with Crippen LogP contribution in [0.3, 0.4) is 0 Å². The molecule has 0 saturated carbocycles. The standard InChI is InChI=1S/C21H16NO.C5H8O2.Ir/c1-14-12-19(22-21-18(14)8-5-9-20(21)23-2)17-11-10-15-6-3-4-7-16(15)13-17;1-4(6)3-5(2)7;/h3-10,12-13H,1-2H3;3,6H,1-2H3;/q-1;;/b;4-3-;. The van der Waals surface area contributed by atoms with Crippen molar-refractivity contribution in [2.45, 2.75) is 20.8 Å². The molecule has 4 aromatic rings. The van der Waals surface area contributed by atoms with E-state index in [0.717, 1.165) is 27.9 Å². The molecule has 1 aromatic heterocycles. The second kappa shape index (κ2) is 10.9. The van der Waals surface area contributed by atoms with Gasteiger partial charge in [0, 0.05) is 31.6 Å². The Morgan fingerprint density at radius 3 is 2.39 bits per heavy atom. The number of methoxy groups -OCH3 is 1. The predicted octanol–water partition coefficient (Wildman–Crippen LogP) is 6.21. The van der Waals surface area contributed by atoms with E-state index in [-0.39, 0.29) is 31.6 Å². The number of hydrogen-bond acceptors (Lipinski definition) is 4. The monoisotopic (exact) mass is 591 g/mol. The van der Waals surface area contributed by atoms with E-state index in [4.69, 9.17) is 14.8 Å². The summed E-state index contributed by atoms with van der Waals surface area (Å²) in [4.78, 5) is 14.8. The van der Waals surface area contributed by atoms with E-state index in [9.17, 15) is 4.79 Å². The first-order chi connectivity index (χ1) is 14.4. The van der Waals surface area contributed by atoms with E-state index in [1.165, 1.54) is 36.3 Å². The first-order valence-electron chi connectivity index (χ1n) is 9.62. The Labute approximate surface area is 195 Å². The van der Waals surface area contributed by atoms with Crippen molar-refractivity contribution in [2.75, 3.05) is 7.11 Å². The minimum atomic E-state index is -0.125. The molecule has 0 aliphatic carbocycles. The van der Waals surface area contributed by atoms with Crippen molar-refractivity contribution in [3.05, 3.63) is 84.1 Å². The normalized spacial score (nSPS) is 10.8. The van der Waals surface area contributed by atoms with Crippen LogP contribution in [-0.4, -0.2) is 23.0 Å². The van der Waals surface area contributed by atoms with Crippen molar-refractivity contribution in [1.29, 1.82) is 0 Å². The Kier molecular flexibility index (Phi) is 8.49. The molecule has 0 spiro atoms. The summed E-state index contributed by atoms with van der Waals surface area (Å²) in [6.07, 6.45) is 1.17. The summed E-state index contributed by atoms with van der Waals surface area (Å²) in [5.74, 6) is 0.737. The molecule has 1 heterocycles. The molecule has 0 amide bonds. The number of pyridine rings is 1. The van der Waals surface area contributed by atoms with E-state index in [1.807, 2.05) is 30.3 Å². The van der Waals surface area contributed by atoms with Gasteiger partial charge in [-0.2, -0.15) is 0 Å². The van der Waals surface area contributed by atoms with Crippen molar-refractivity contribution in [3.63, 3.8) is 0 Å². The van der Waals surface area contributed by atoms with Crippen LogP contribution in [0.2, 0.25) is 0 Å². The zero-order valence-corrected chi connectivity index (χ0v) is 20.3.